The first-order valence-electron chi connectivity index (χ1n) is 12.9. The van der Waals surface area contributed by atoms with Crippen LogP contribution in [0.3, 0.4) is 0 Å². The summed E-state index contributed by atoms with van der Waals surface area (Å²) in [5.41, 5.74) is -0.000933. The molecule has 38 heavy (non-hydrogen) atoms. The molecule has 3 aliphatic heterocycles. The molecule has 2 fully saturated rings. The van der Waals surface area contributed by atoms with E-state index in [1.807, 2.05) is 12.1 Å². The maximum atomic E-state index is 13.9. The molecule has 0 aromatic heterocycles. The number of aliphatic hydroxyl groups excluding tert-OH is 1. The van der Waals surface area contributed by atoms with E-state index in [-0.39, 0.29) is 42.1 Å². The molecule has 7 nitrogen and oxygen atoms in total. The zero-order chi connectivity index (χ0) is 26.9. The summed E-state index contributed by atoms with van der Waals surface area (Å²) in [6, 6.07) is 8.90. The number of hydrogen-bond acceptors (Lipinski definition) is 6. The topological polar surface area (TPSA) is 74.3 Å². The Balaban J connectivity index is 1.35. The van der Waals surface area contributed by atoms with E-state index in [1.165, 1.54) is 6.07 Å². The number of carbonyl (C=O) groups excluding carboxylic acids is 1. The summed E-state index contributed by atoms with van der Waals surface area (Å²) in [4.78, 5) is 17.6. The van der Waals surface area contributed by atoms with E-state index in [4.69, 9.17) is 21.1 Å². The van der Waals surface area contributed by atoms with Crippen LogP contribution in [0.1, 0.15) is 36.5 Å². The Kier molecular flexibility index (Phi) is 7.93. The van der Waals surface area contributed by atoms with Crippen LogP contribution >= 0.6 is 11.6 Å². The number of benzene rings is 2. The summed E-state index contributed by atoms with van der Waals surface area (Å²) >= 11 is 5.99. The van der Waals surface area contributed by atoms with Crippen molar-refractivity contribution in [2.75, 3.05) is 50.8 Å². The lowest BCUT2D eigenvalue weighted by Gasteiger charge is -2.31. The zero-order valence-corrected chi connectivity index (χ0v) is 21.6. The van der Waals surface area contributed by atoms with Crippen LogP contribution in [0.15, 0.2) is 36.4 Å². The van der Waals surface area contributed by atoms with Crippen molar-refractivity contribution < 1.29 is 32.5 Å². The molecule has 3 atom stereocenters. The number of hydrogen-bond donors (Lipinski definition) is 2. The van der Waals surface area contributed by atoms with Crippen LogP contribution in [-0.2, 0) is 11.0 Å². The fraction of sp³-hybridized carbons (Fsp3) is 0.519. The van der Waals surface area contributed by atoms with E-state index in [0.29, 0.717) is 31.1 Å². The molecule has 3 aliphatic rings. The van der Waals surface area contributed by atoms with E-state index >= 15 is 0 Å². The Morgan fingerprint density at radius 1 is 1.11 bits per heavy atom. The molecule has 11 heteroatoms. The summed E-state index contributed by atoms with van der Waals surface area (Å²) in [7, 11) is 0. The smallest absolute Gasteiger partial charge is 0.420 e. The molecular formula is C27H31ClF3N3O4. The number of likely N-dealkylation sites (tertiary alicyclic amines) is 1. The van der Waals surface area contributed by atoms with Crippen molar-refractivity contribution in [1.29, 1.82) is 0 Å². The lowest BCUT2D eigenvalue weighted by Crippen LogP contribution is -2.48. The highest BCUT2D eigenvalue weighted by molar-refractivity contribution is 6.30. The van der Waals surface area contributed by atoms with E-state index in [9.17, 15) is 23.1 Å². The molecule has 2 saturated heterocycles. The second kappa shape index (κ2) is 11.2. The van der Waals surface area contributed by atoms with Gasteiger partial charge in [0.1, 0.15) is 24.9 Å². The molecule has 0 spiro atoms. The Bertz CT molecular complexity index is 1140. The van der Waals surface area contributed by atoms with Crippen LogP contribution < -0.4 is 19.7 Å². The maximum absolute atomic E-state index is 13.9. The van der Waals surface area contributed by atoms with Gasteiger partial charge in [0.15, 0.2) is 11.5 Å². The average Bonchev–Trinajstić information content (AvgIpc) is 3.60. The van der Waals surface area contributed by atoms with Crippen molar-refractivity contribution in [3.8, 4) is 11.5 Å². The zero-order valence-electron chi connectivity index (χ0n) is 20.8. The van der Waals surface area contributed by atoms with Crippen LogP contribution in [-0.4, -0.2) is 67.9 Å². The Hall–Kier alpha value is -2.69. The Labute approximate surface area is 224 Å². The number of alkyl halides is 3. The summed E-state index contributed by atoms with van der Waals surface area (Å²) in [5.74, 6) is -0.961. The molecule has 2 N–H and O–H groups in total. The van der Waals surface area contributed by atoms with E-state index in [1.54, 1.807) is 12.1 Å². The molecule has 0 unspecified atom stereocenters. The molecule has 3 heterocycles. The number of amides is 1. The predicted molar refractivity (Wildman–Crippen MR) is 137 cm³/mol. The summed E-state index contributed by atoms with van der Waals surface area (Å²) in [6.45, 7) is 3.27. The molecule has 0 bridgehead atoms. The van der Waals surface area contributed by atoms with E-state index in [2.05, 4.69) is 15.1 Å². The number of fused-ring (bicyclic) bond motifs is 1. The monoisotopic (exact) mass is 553 g/mol. The fourth-order valence-electron chi connectivity index (χ4n) is 5.42. The highest BCUT2D eigenvalue weighted by Crippen LogP contribution is 2.45. The Morgan fingerprint density at radius 3 is 2.53 bits per heavy atom. The van der Waals surface area contributed by atoms with E-state index < -0.39 is 23.9 Å². The lowest BCUT2D eigenvalue weighted by atomic mass is 9.97. The molecule has 2 aromatic rings. The number of rotatable bonds is 7. The van der Waals surface area contributed by atoms with Gasteiger partial charge in [0, 0.05) is 30.3 Å². The standard InChI is InChI=1S/C27H31ClF3N3O4/c28-19-3-5-20(6-4-19)34-10-7-17(15-34)26(36)32-22(16-33-8-1-2-9-33)24(35)18-13-21(27(29,30)31)25-23(14-18)37-11-12-38-25/h3-6,13-14,17,22,24,35H,1-2,7-12,15-16H2,(H,32,36)/t17-,22-,24-/m1/s1. The second-order valence-corrected chi connectivity index (χ2v) is 10.5. The van der Waals surface area contributed by atoms with Crippen LogP contribution in [0.25, 0.3) is 0 Å². The number of ether oxygens (including phenoxy) is 2. The number of halogens is 4. The normalized spacial score (nSPS) is 21.4. The van der Waals surface area contributed by atoms with Gasteiger partial charge < -0.3 is 29.7 Å². The molecule has 2 aromatic carbocycles. The molecule has 0 radical (unpaired) electrons. The summed E-state index contributed by atoms with van der Waals surface area (Å²) in [5, 5.41) is 15.0. The van der Waals surface area contributed by atoms with Crippen LogP contribution in [0, 0.1) is 5.92 Å². The second-order valence-electron chi connectivity index (χ2n) is 10.1. The van der Waals surface area contributed by atoms with Gasteiger partial charge in [-0.15, -0.1) is 0 Å². The van der Waals surface area contributed by atoms with Crippen molar-refractivity contribution in [2.24, 2.45) is 5.92 Å². The molecule has 1 amide bonds. The first-order valence-corrected chi connectivity index (χ1v) is 13.3. The molecule has 0 saturated carbocycles. The predicted octanol–water partition coefficient (Wildman–Crippen LogP) is 4.27. The van der Waals surface area contributed by atoms with Crippen molar-refractivity contribution in [3.05, 3.63) is 52.5 Å². The number of nitrogens with one attached hydrogen (secondary N) is 1. The molecule has 0 aliphatic carbocycles. The quantitative estimate of drug-likeness (QED) is 0.533. The van der Waals surface area contributed by atoms with Gasteiger partial charge in [-0.25, -0.2) is 0 Å². The number of nitrogens with zero attached hydrogens (tertiary/aromatic N) is 2. The average molecular weight is 554 g/mol. The highest BCUT2D eigenvalue weighted by atomic mass is 35.5. The van der Waals surface area contributed by atoms with Crippen LogP contribution in [0.2, 0.25) is 5.02 Å². The molecule has 206 valence electrons. The minimum atomic E-state index is -4.69. The first-order chi connectivity index (χ1) is 18.2. The van der Waals surface area contributed by atoms with Gasteiger partial charge in [-0.2, -0.15) is 13.2 Å². The van der Waals surface area contributed by atoms with Crippen molar-refractivity contribution in [3.63, 3.8) is 0 Å². The van der Waals surface area contributed by atoms with Crippen molar-refractivity contribution >= 4 is 23.2 Å². The van der Waals surface area contributed by atoms with Crippen molar-refractivity contribution in [2.45, 2.75) is 37.6 Å². The number of anilines is 1. The van der Waals surface area contributed by atoms with Gasteiger partial charge in [-0.1, -0.05) is 11.6 Å². The van der Waals surface area contributed by atoms with Gasteiger partial charge in [0.25, 0.3) is 0 Å². The van der Waals surface area contributed by atoms with Crippen LogP contribution in [0.4, 0.5) is 18.9 Å². The first kappa shape index (κ1) is 26.9. The van der Waals surface area contributed by atoms with Gasteiger partial charge in [0.2, 0.25) is 5.91 Å². The fourth-order valence-corrected chi connectivity index (χ4v) is 5.54. The number of carbonyl (C=O) groups is 1. The minimum absolute atomic E-state index is 0.0139. The SMILES string of the molecule is O=C(N[C@H](CN1CCCC1)[C@H](O)c1cc2c(c(C(F)(F)F)c1)OCCO2)[C@@H]1CCN(c2ccc(Cl)cc2)C1. The highest BCUT2D eigenvalue weighted by Gasteiger charge is 2.39. The van der Waals surface area contributed by atoms with Crippen LogP contribution in [0.5, 0.6) is 11.5 Å². The Morgan fingerprint density at radius 2 is 1.82 bits per heavy atom. The third-order valence-corrected chi connectivity index (χ3v) is 7.68. The third kappa shape index (κ3) is 5.97. The summed E-state index contributed by atoms with van der Waals surface area (Å²) < 4.78 is 52.3. The number of aliphatic hydroxyl groups is 1. The third-order valence-electron chi connectivity index (χ3n) is 7.42. The maximum Gasteiger partial charge on any atom is 0.420 e. The summed E-state index contributed by atoms with van der Waals surface area (Å²) in [6.07, 6.45) is -3.44. The van der Waals surface area contributed by atoms with Crippen molar-refractivity contribution in [1.82, 2.24) is 10.2 Å². The van der Waals surface area contributed by atoms with Gasteiger partial charge in [-0.05, 0) is 74.3 Å². The van der Waals surface area contributed by atoms with Gasteiger partial charge in [-0.3, -0.25) is 4.79 Å². The van der Waals surface area contributed by atoms with E-state index in [0.717, 1.165) is 37.7 Å². The van der Waals surface area contributed by atoms with Gasteiger partial charge in [0.05, 0.1) is 12.0 Å². The molecule has 5 rings (SSSR count). The minimum Gasteiger partial charge on any atom is -0.486 e. The van der Waals surface area contributed by atoms with Gasteiger partial charge >= 0.3 is 6.18 Å². The largest absolute Gasteiger partial charge is 0.486 e. The molecular weight excluding hydrogens is 523 g/mol. The lowest BCUT2D eigenvalue weighted by molar-refractivity contribution is -0.139.